The topological polar surface area (TPSA) is 26.0 Å². The fourth-order valence-corrected chi connectivity index (χ4v) is 0.975. The van der Waals surface area contributed by atoms with Crippen LogP contribution in [-0.2, 0) is 6.42 Å². The Hall–Kier alpha value is -0.960. The van der Waals surface area contributed by atoms with Gasteiger partial charge in [0.1, 0.15) is 0 Å². The van der Waals surface area contributed by atoms with Gasteiger partial charge in [-0.2, -0.15) is 0 Å². The van der Waals surface area contributed by atoms with E-state index in [1.54, 1.807) is 12.1 Å². The fraction of sp³-hybridized carbons (Fsp3) is 0.333. The van der Waals surface area contributed by atoms with Gasteiger partial charge in [-0.3, -0.25) is 0 Å². The fourth-order valence-electron chi connectivity index (χ4n) is 0.975. The van der Waals surface area contributed by atoms with Crippen LogP contribution in [0.4, 0.5) is 8.78 Å². The van der Waals surface area contributed by atoms with Crippen LogP contribution in [0.5, 0.6) is 0 Å². The van der Waals surface area contributed by atoms with E-state index in [2.05, 4.69) is 0 Å². The summed E-state index contributed by atoms with van der Waals surface area (Å²) >= 11 is 0. The highest BCUT2D eigenvalue weighted by molar-refractivity contribution is 5.15. The number of alkyl halides is 2. The van der Waals surface area contributed by atoms with Crippen LogP contribution in [0.25, 0.3) is 0 Å². The van der Waals surface area contributed by atoms with Crippen LogP contribution in [0, 0.1) is 0 Å². The van der Waals surface area contributed by atoms with Gasteiger partial charge in [0.25, 0.3) is 6.43 Å². The minimum atomic E-state index is -2.44. The first kappa shape index (κ1) is 9.13. The lowest BCUT2D eigenvalue weighted by molar-refractivity contribution is 0.116. The van der Waals surface area contributed by atoms with Crippen molar-refractivity contribution in [2.75, 3.05) is 0 Å². The molecule has 0 aromatic heterocycles. The zero-order valence-corrected chi connectivity index (χ0v) is 6.58. The van der Waals surface area contributed by atoms with E-state index in [1.165, 1.54) is 0 Å². The lowest BCUT2D eigenvalue weighted by Crippen LogP contribution is -2.30. The lowest BCUT2D eigenvalue weighted by atomic mass is 10.1. The average Bonchev–Trinajstić information content (AvgIpc) is 2.06. The van der Waals surface area contributed by atoms with Crippen LogP contribution >= 0.6 is 0 Å². The Morgan fingerprint density at radius 3 is 2.25 bits per heavy atom. The van der Waals surface area contributed by atoms with Gasteiger partial charge in [0, 0.05) is 0 Å². The molecule has 0 aliphatic carbocycles. The lowest BCUT2D eigenvalue weighted by Gasteiger charge is -2.09. The molecule has 0 spiro atoms. The van der Waals surface area contributed by atoms with Crippen molar-refractivity contribution in [3.05, 3.63) is 35.9 Å². The highest BCUT2D eigenvalue weighted by atomic mass is 19.3. The molecule has 3 heteroatoms. The summed E-state index contributed by atoms with van der Waals surface area (Å²) in [4.78, 5) is 0. The largest absolute Gasteiger partial charge is 0.323 e. The van der Waals surface area contributed by atoms with Crippen molar-refractivity contribution in [1.29, 1.82) is 0 Å². The summed E-state index contributed by atoms with van der Waals surface area (Å²) in [5.41, 5.74) is 6.05. The molecule has 0 unspecified atom stereocenters. The minimum absolute atomic E-state index is 0.235. The summed E-state index contributed by atoms with van der Waals surface area (Å²) in [7, 11) is 0. The Labute approximate surface area is 70.2 Å². The molecule has 0 amide bonds. The van der Waals surface area contributed by atoms with Crippen molar-refractivity contribution in [2.45, 2.75) is 18.9 Å². The van der Waals surface area contributed by atoms with E-state index in [9.17, 15) is 8.78 Å². The summed E-state index contributed by atoms with van der Waals surface area (Å²) in [5.74, 6) is 0. The summed E-state index contributed by atoms with van der Waals surface area (Å²) < 4.78 is 24.0. The summed E-state index contributed by atoms with van der Waals surface area (Å²) in [6.45, 7) is 0. The maximum atomic E-state index is 12.0. The molecular formula is C9H11F2N. The van der Waals surface area contributed by atoms with Gasteiger partial charge in [-0.15, -0.1) is 0 Å². The molecule has 0 aliphatic rings. The standard InChI is InChI=1S/C9H11F2N/c10-9(11)8(12)6-7-4-2-1-3-5-7/h1-5,8-9H,6,12H2/t8-/m0/s1. The molecule has 1 atom stereocenters. The molecular weight excluding hydrogens is 160 g/mol. The molecule has 0 fully saturated rings. The smallest absolute Gasteiger partial charge is 0.253 e. The van der Waals surface area contributed by atoms with Gasteiger partial charge in [0.2, 0.25) is 0 Å². The number of benzene rings is 1. The second-order valence-electron chi connectivity index (χ2n) is 2.69. The number of hydrogen-bond acceptors (Lipinski definition) is 1. The molecule has 0 saturated heterocycles. The van der Waals surface area contributed by atoms with Crippen LogP contribution < -0.4 is 5.73 Å². The molecule has 1 rings (SSSR count). The third-order valence-electron chi connectivity index (χ3n) is 1.64. The molecule has 0 bridgehead atoms. The van der Waals surface area contributed by atoms with E-state index in [0.29, 0.717) is 0 Å². The van der Waals surface area contributed by atoms with Crippen LogP contribution in [0.1, 0.15) is 5.56 Å². The van der Waals surface area contributed by atoms with Gasteiger partial charge in [0.15, 0.2) is 0 Å². The van der Waals surface area contributed by atoms with Gasteiger partial charge in [-0.05, 0) is 12.0 Å². The first-order valence-electron chi connectivity index (χ1n) is 3.78. The zero-order valence-electron chi connectivity index (χ0n) is 6.58. The quantitative estimate of drug-likeness (QED) is 0.737. The molecule has 0 aliphatic heterocycles. The predicted molar refractivity (Wildman–Crippen MR) is 44.1 cm³/mol. The van der Waals surface area contributed by atoms with E-state index in [-0.39, 0.29) is 6.42 Å². The van der Waals surface area contributed by atoms with Crippen molar-refractivity contribution >= 4 is 0 Å². The average molecular weight is 171 g/mol. The first-order chi connectivity index (χ1) is 5.70. The van der Waals surface area contributed by atoms with Crippen LogP contribution in [0.2, 0.25) is 0 Å². The molecule has 0 heterocycles. The molecule has 12 heavy (non-hydrogen) atoms. The van der Waals surface area contributed by atoms with Gasteiger partial charge >= 0.3 is 0 Å². The Bertz CT molecular complexity index is 223. The summed E-state index contributed by atoms with van der Waals surface area (Å²) in [6, 6.07) is 8.01. The minimum Gasteiger partial charge on any atom is -0.323 e. The highest BCUT2D eigenvalue weighted by Crippen LogP contribution is 2.06. The van der Waals surface area contributed by atoms with Crippen molar-refractivity contribution in [3.63, 3.8) is 0 Å². The number of hydrogen-bond donors (Lipinski definition) is 1. The predicted octanol–water partition coefficient (Wildman–Crippen LogP) is 1.82. The second kappa shape index (κ2) is 4.16. The molecule has 1 aromatic carbocycles. The van der Waals surface area contributed by atoms with E-state index in [0.717, 1.165) is 5.56 Å². The van der Waals surface area contributed by atoms with Crippen LogP contribution in [0.3, 0.4) is 0 Å². The molecule has 2 N–H and O–H groups in total. The van der Waals surface area contributed by atoms with Crippen molar-refractivity contribution in [3.8, 4) is 0 Å². The molecule has 1 aromatic rings. The van der Waals surface area contributed by atoms with E-state index >= 15 is 0 Å². The van der Waals surface area contributed by atoms with Crippen molar-refractivity contribution in [2.24, 2.45) is 5.73 Å². The maximum absolute atomic E-state index is 12.0. The van der Waals surface area contributed by atoms with Gasteiger partial charge < -0.3 is 5.73 Å². The summed E-state index contributed by atoms with van der Waals surface area (Å²) in [6.07, 6.45) is -2.20. The number of nitrogens with two attached hydrogens (primary N) is 1. The van der Waals surface area contributed by atoms with E-state index in [1.807, 2.05) is 18.2 Å². The van der Waals surface area contributed by atoms with E-state index in [4.69, 9.17) is 5.73 Å². The maximum Gasteiger partial charge on any atom is 0.253 e. The number of rotatable bonds is 3. The molecule has 0 saturated carbocycles. The highest BCUT2D eigenvalue weighted by Gasteiger charge is 2.14. The van der Waals surface area contributed by atoms with Gasteiger partial charge in [0.05, 0.1) is 6.04 Å². The SMILES string of the molecule is N[C@@H](Cc1ccccc1)C(F)F. The van der Waals surface area contributed by atoms with E-state index < -0.39 is 12.5 Å². The monoisotopic (exact) mass is 171 g/mol. The third-order valence-corrected chi connectivity index (χ3v) is 1.64. The zero-order chi connectivity index (χ0) is 8.97. The molecule has 66 valence electrons. The Balaban J connectivity index is 2.53. The third kappa shape index (κ3) is 2.58. The Morgan fingerprint density at radius 2 is 1.75 bits per heavy atom. The first-order valence-corrected chi connectivity index (χ1v) is 3.78. The second-order valence-corrected chi connectivity index (χ2v) is 2.69. The normalized spacial score (nSPS) is 13.3. The van der Waals surface area contributed by atoms with Crippen molar-refractivity contribution in [1.82, 2.24) is 0 Å². The van der Waals surface area contributed by atoms with Crippen LogP contribution in [-0.4, -0.2) is 12.5 Å². The molecule has 1 nitrogen and oxygen atoms in total. The van der Waals surface area contributed by atoms with Crippen LogP contribution in [0.15, 0.2) is 30.3 Å². The number of halogens is 2. The van der Waals surface area contributed by atoms with Crippen molar-refractivity contribution < 1.29 is 8.78 Å². The van der Waals surface area contributed by atoms with Gasteiger partial charge in [-0.25, -0.2) is 8.78 Å². The Kier molecular flexibility index (Phi) is 3.17. The summed E-state index contributed by atoms with van der Waals surface area (Å²) in [5, 5.41) is 0. The Morgan fingerprint density at radius 1 is 1.17 bits per heavy atom. The molecule has 0 radical (unpaired) electrons. The van der Waals surface area contributed by atoms with Gasteiger partial charge in [-0.1, -0.05) is 30.3 Å².